The number of rotatable bonds is 5. The number of nitrogens with zero attached hydrogens (tertiary/aromatic N) is 5. The number of aryl methyl sites for hydroxylation is 1. The van der Waals surface area contributed by atoms with Gasteiger partial charge in [-0.25, -0.2) is 0 Å². The largest absolute Gasteiger partial charge is 0.496 e. The Kier molecular flexibility index (Phi) is 5.14. The molecule has 130 valence electrons. The van der Waals surface area contributed by atoms with Crippen molar-refractivity contribution in [3.8, 4) is 5.75 Å². The highest BCUT2D eigenvalue weighted by Crippen LogP contribution is 2.24. The summed E-state index contributed by atoms with van der Waals surface area (Å²) >= 11 is 8.64. The molecule has 0 spiro atoms. The predicted molar refractivity (Wildman–Crippen MR) is 102 cm³/mol. The number of halogens is 1. The molecule has 3 aromatic rings. The molecule has 0 aliphatic carbocycles. The summed E-state index contributed by atoms with van der Waals surface area (Å²) in [5, 5.41) is 15.4. The second-order valence-electron chi connectivity index (χ2n) is 5.46. The zero-order valence-electron chi connectivity index (χ0n) is 14.0. The summed E-state index contributed by atoms with van der Waals surface area (Å²) in [6.07, 6.45) is 3.25. The smallest absolute Gasteiger partial charge is 0.216 e. The van der Waals surface area contributed by atoms with Gasteiger partial charge in [-0.15, -0.1) is 0 Å². The van der Waals surface area contributed by atoms with Crippen LogP contribution in [0, 0.1) is 18.6 Å². The van der Waals surface area contributed by atoms with E-state index in [-0.39, 0.29) is 0 Å². The minimum Gasteiger partial charge on any atom is -0.496 e. The summed E-state index contributed by atoms with van der Waals surface area (Å²) in [4.78, 5) is 0. The van der Waals surface area contributed by atoms with Crippen LogP contribution in [0.2, 0.25) is 0 Å². The van der Waals surface area contributed by atoms with Crippen LogP contribution < -0.4 is 4.74 Å². The molecule has 3 rings (SSSR count). The molecule has 0 amide bonds. The lowest BCUT2D eigenvalue weighted by Crippen LogP contribution is -2.06. The topological polar surface area (TPSA) is 73.0 Å². The fraction of sp³-hybridized carbons (Fsp3) is 0.250. The SMILES string of the molecule is COc1ccc(/C=N\n2cn[nH]c2=S)cc1Cn1nc(C)c(Br)c1C. The number of ether oxygens (including phenoxy) is 1. The van der Waals surface area contributed by atoms with Crippen LogP contribution in [0.25, 0.3) is 0 Å². The molecule has 25 heavy (non-hydrogen) atoms. The summed E-state index contributed by atoms with van der Waals surface area (Å²) in [5.41, 5.74) is 3.98. The molecule has 0 aliphatic heterocycles. The zero-order valence-corrected chi connectivity index (χ0v) is 16.4. The zero-order chi connectivity index (χ0) is 18.0. The lowest BCUT2D eigenvalue weighted by atomic mass is 10.1. The number of hydrogen-bond acceptors (Lipinski definition) is 5. The summed E-state index contributed by atoms with van der Waals surface area (Å²) < 4.78 is 10.4. The molecule has 0 aliphatic rings. The van der Waals surface area contributed by atoms with Crippen molar-refractivity contribution in [2.45, 2.75) is 20.4 Å². The number of aromatic nitrogens is 5. The molecule has 2 heterocycles. The first-order valence-electron chi connectivity index (χ1n) is 7.52. The van der Waals surface area contributed by atoms with Crippen LogP contribution in [0.4, 0.5) is 0 Å². The molecule has 1 aromatic carbocycles. The van der Waals surface area contributed by atoms with Crippen LogP contribution in [0.15, 0.2) is 34.1 Å². The average Bonchev–Trinajstić information content (AvgIpc) is 3.12. The molecule has 0 atom stereocenters. The maximum absolute atomic E-state index is 5.48. The fourth-order valence-electron chi connectivity index (χ4n) is 2.45. The van der Waals surface area contributed by atoms with Crippen LogP contribution >= 0.6 is 28.1 Å². The van der Waals surface area contributed by atoms with E-state index in [2.05, 4.69) is 36.3 Å². The number of methoxy groups -OCH3 is 1. The van der Waals surface area contributed by atoms with E-state index >= 15 is 0 Å². The van der Waals surface area contributed by atoms with E-state index in [0.29, 0.717) is 11.3 Å². The number of benzene rings is 1. The minimum atomic E-state index is 0.442. The Morgan fingerprint density at radius 1 is 1.40 bits per heavy atom. The van der Waals surface area contributed by atoms with Crippen molar-refractivity contribution in [1.82, 2.24) is 24.7 Å². The molecule has 0 bridgehead atoms. The van der Waals surface area contributed by atoms with E-state index in [1.54, 1.807) is 13.3 Å². The standard InChI is InChI=1S/C16H17BrN6OS/c1-10-15(17)11(2)22(21-10)8-13-6-12(4-5-14(13)24-3)7-19-23-9-18-20-16(23)25/h4-7,9H,8H2,1-3H3,(H,20,25)/b19-7-. The van der Waals surface area contributed by atoms with Gasteiger partial charge in [0.15, 0.2) is 0 Å². The van der Waals surface area contributed by atoms with Crippen molar-refractivity contribution in [2.75, 3.05) is 7.11 Å². The van der Waals surface area contributed by atoms with Crippen molar-refractivity contribution in [1.29, 1.82) is 0 Å². The maximum atomic E-state index is 5.48. The monoisotopic (exact) mass is 420 g/mol. The molecule has 0 fully saturated rings. The Balaban J connectivity index is 1.92. The first-order chi connectivity index (χ1) is 12.0. The molecule has 0 radical (unpaired) electrons. The number of aromatic amines is 1. The van der Waals surface area contributed by atoms with Gasteiger partial charge in [-0.05, 0) is 65.8 Å². The van der Waals surface area contributed by atoms with Gasteiger partial charge in [0.1, 0.15) is 12.1 Å². The fourth-order valence-corrected chi connectivity index (χ4v) is 2.88. The Hall–Kier alpha value is -2.26. The molecular weight excluding hydrogens is 404 g/mol. The van der Waals surface area contributed by atoms with E-state index in [0.717, 1.165) is 32.7 Å². The van der Waals surface area contributed by atoms with E-state index in [1.807, 2.05) is 36.7 Å². The molecule has 0 unspecified atom stereocenters. The predicted octanol–water partition coefficient (Wildman–Crippen LogP) is 3.46. The quantitative estimate of drug-likeness (QED) is 0.506. The van der Waals surface area contributed by atoms with Crippen LogP contribution in [0.3, 0.4) is 0 Å². The van der Waals surface area contributed by atoms with Crippen LogP contribution in [0.5, 0.6) is 5.75 Å². The lowest BCUT2D eigenvalue weighted by Gasteiger charge is -2.11. The van der Waals surface area contributed by atoms with Crippen LogP contribution in [0.1, 0.15) is 22.5 Å². The first-order valence-corrected chi connectivity index (χ1v) is 8.72. The van der Waals surface area contributed by atoms with E-state index in [1.165, 1.54) is 11.0 Å². The molecular formula is C16H17BrN6OS. The highest BCUT2D eigenvalue weighted by atomic mass is 79.9. The minimum absolute atomic E-state index is 0.442. The summed E-state index contributed by atoms with van der Waals surface area (Å²) in [7, 11) is 1.66. The van der Waals surface area contributed by atoms with Crippen molar-refractivity contribution in [3.63, 3.8) is 0 Å². The van der Waals surface area contributed by atoms with E-state index < -0.39 is 0 Å². The Morgan fingerprint density at radius 2 is 2.20 bits per heavy atom. The molecule has 2 aromatic heterocycles. The van der Waals surface area contributed by atoms with Crippen LogP contribution in [-0.2, 0) is 6.54 Å². The number of hydrogen-bond donors (Lipinski definition) is 1. The average molecular weight is 421 g/mol. The van der Waals surface area contributed by atoms with Gasteiger partial charge in [-0.2, -0.15) is 20.0 Å². The van der Waals surface area contributed by atoms with Gasteiger partial charge in [0.05, 0.1) is 35.7 Å². The Labute approximate surface area is 158 Å². The van der Waals surface area contributed by atoms with Crippen molar-refractivity contribution in [2.24, 2.45) is 5.10 Å². The number of H-pyrrole nitrogens is 1. The summed E-state index contributed by atoms with van der Waals surface area (Å²) in [6, 6.07) is 5.88. The molecule has 1 N–H and O–H groups in total. The second kappa shape index (κ2) is 7.32. The molecule has 9 heteroatoms. The van der Waals surface area contributed by atoms with Crippen molar-refractivity contribution >= 4 is 34.4 Å². The Bertz CT molecular complexity index is 987. The van der Waals surface area contributed by atoms with E-state index in [9.17, 15) is 0 Å². The number of nitrogens with one attached hydrogen (secondary N) is 1. The third-order valence-corrected chi connectivity index (χ3v) is 5.21. The van der Waals surface area contributed by atoms with Crippen molar-refractivity contribution < 1.29 is 4.74 Å². The highest BCUT2D eigenvalue weighted by molar-refractivity contribution is 9.10. The lowest BCUT2D eigenvalue weighted by molar-refractivity contribution is 0.407. The van der Waals surface area contributed by atoms with E-state index in [4.69, 9.17) is 17.0 Å². The second-order valence-corrected chi connectivity index (χ2v) is 6.64. The summed E-state index contributed by atoms with van der Waals surface area (Å²) in [5.74, 6) is 0.806. The summed E-state index contributed by atoms with van der Waals surface area (Å²) in [6.45, 7) is 4.61. The molecule has 0 saturated carbocycles. The third kappa shape index (κ3) is 3.72. The highest BCUT2D eigenvalue weighted by Gasteiger charge is 2.11. The molecule has 7 nitrogen and oxygen atoms in total. The van der Waals surface area contributed by atoms with Crippen molar-refractivity contribution in [3.05, 3.63) is 56.3 Å². The van der Waals surface area contributed by atoms with Gasteiger partial charge >= 0.3 is 0 Å². The third-order valence-electron chi connectivity index (χ3n) is 3.78. The van der Waals surface area contributed by atoms with Gasteiger partial charge in [0, 0.05) is 5.56 Å². The van der Waals surface area contributed by atoms with Gasteiger partial charge in [0.2, 0.25) is 4.77 Å². The normalized spacial score (nSPS) is 11.4. The van der Waals surface area contributed by atoms with Gasteiger partial charge in [0.25, 0.3) is 0 Å². The van der Waals surface area contributed by atoms with Gasteiger partial charge in [-0.3, -0.25) is 9.78 Å². The Morgan fingerprint density at radius 3 is 2.80 bits per heavy atom. The molecule has 0 saturated heterocycles. The first kappa shape index (κ1) is 17.6. The van der Waals surface area contributed by atoms with Gasteiger partial charge < -0.3 is 4.74 Å². The van der Waals surface area contributed by atoms with Gasteiger partial charge in [-0.1, -0.05) is 0 Å². The maximum Gasteiger partial charge on any atom is 0.216 e. The van der Waals surface area contributed by atoms with Crippen LogP contribution in [-0.4, -0.2) is 38.0 Å².